The van der Waals surface area contributed by atoms with E-state index in [-0.39, 0.29) is 35.6 Å². The molecule has 5 rings (SSSR count). The third kappa shape index (κ3) is 2.78. The zero-order valence-corrected chi connectivity index (χ0v) is 18.5. The van der Waals surface area contributed by atoms with Crippen LogP contribution in [0.5, 0.6) is 5.75 Å². The van der Waals surface area contributed by atoms with Crippen molar-refractivity contribution in [3.63, 3.8) is 0 Å². The summed E-state index contributed by atoms with van der Waals surface area (Å²) in [6, 6.07) is 4.63. The summed E-state index contributed by atoms with van der Waals surface area (Å²) < 4.78 is 0. The fraction of sp³-hybridized carbons (Fsp3) is 0.360. The van der Waals surface area contributed by atoms with Crippen LogP contribution >= 0.6 is 11.6 Å². The number of hydrogen-bond acceptors (Lipinski definition) is 5. The zero-order chi connectivity index (χ0) is 22.9. The van der Waals surface area contributed by atoms with Crippen LogP contribution in [0.15, 0.2) is 52.6 Å². The highest BCUT2D eigenvalue weighted by Gasteiger charge is 2.56. The smallest absolute Gasteiger partial charge is 0.233 e. The van der Waals surface area contributed by atoms with Crippen LogP contribution in [-0.4, -0.2) is 39.9 Å². The van der Waals surface area contributed by atoms with Gasteiger partial charge in [-0.3, -0.25) is 24.1 Å². The monoisotopic (exact) mass is 451 g/mol. The number of benzene rings is 1. The molecule has 0 radical (unpaired) electrons. The largest absolute Gasteiger partial charge is 0.508 e. The van der Waals surface area contributed by atoms with Gasteiger partial charge in [0, 0.05) is 39.8 Å². The second kappa shape index (κ2) is 7.27. The fourth-order valence-electron chi connectivity index (χ4n) is 5.85. The van der Waals surface area contributed by atoms with Gasteiger partial charge in [-0.2, -0.15) is 0 Å². The molecule has 1 aliphatic heterocycles. The highest BCUT2D eigenvalue weighted by atomic mass is 35.5. The Balaban J connectivity index is 1.73. The number of phenols is 1. The second-order valence-corrected chi connectivity index (χ2v) is 9.29. The Bertz CT molecular complexity index is 1210. The van der Waals surface area contributed by atoms with Gasteiger partial charge in [0.15, 0.2) is 11.6 Å². The van der Waals surface area contributed by atoms with Crippen LogP contribution in [0.4, 0.5) is 0 Å². The van der Waals surface area contributed by atoms with Gasteiger partial charge in [-0.05, 0) is 56.9 Å². The molecule has 1 fully saturated rings. The number of halogens is 1. The van der Waals surface area contributed by atoms with E-state index in [4.69, 9.17) is 11.6 Å². The molecule has 6 nitrogen and oxygen atoms in total. The summed E-state index contributed by atoms with van der Waals surface area (Å²) in [5.41, 5.74) is 2.29. The number of rotatable bonds is 2. The molecule has 1 aromatic carbocycles. The van der Waals surface area contributed by atoms with Crippen molar-refractivity contribution in [2.45, 2.75) is 32.6 Å². The van der Waals surface area contributed by atoms with Crippen molar-refractivity contribution in [1.82, 2.24) is 4.90 Å². The average Bonchev–Trinajstić information content (AvgIpc) is 3.02. The Morgan fingerprint density at radius 3 is 2.59 bits per heavy atom. The molecule has 3 aliphatic carbocycles. The molecule has 2 amide bonds. The summed E-state index contributed by atoms with van der Waals surface area (Å²) in [4.78, 5) is 53.5. The first-order valence-electron chi connectivity index (χ1n) is 10.8. The second-order valence-electron chi connectivity index (χ2n) is 8.85. The summed E-state index contributed by atoms with van der Waals surface area (Å²) in [6.07, 6.45) is 3.88. The van der Waals surface area contributed by atoms with Gasteiger partial charge in [0.25, 0.3) is 0 Å². The lowest BCUT2D eigenvalue weighted by molar-refractivity contribution is -0.139. The van der Waals surface area contributed by atoms with Gasteiger partial charge >= 0.3 is 0 Å². The number of aromatic hydroxyl groups is 1. The molecule has 32 heavy (non-hydrogen) atoms. The number of ketones is 2. The van der Waals surface area contributed by atoms with Crippen molar-refractivity contribution >= 4 is 35.0 Å². The van der Waals surface area contributed by atoms with E-state index in [1.54, 1.807) is 26.0 Å². The number of fused-ring (bicyclic) bond motifs is 3. The summed E-state index contributed by atoms with van der Waals surface area (Å²) in [5, 5.41) is 11.1. The number of hydrogen-bond donors (Lipinski definition) is 1. The molecule has 7 heteroatoms. The maximum Gasteiger partial charge on any atom is 0.233 e. The van der Waals surface area contributed by atoms with Crippen molar-refractivity contribution in [2.75, 3.05) is 6.54 Å². The van der Waals surface area contributed by atoms with Crippen LogP contribution < -0.4 is 0 Å². The SMILES string of the molecule is CCN1C(=O)C2CC=C3C(c4cc(Cl)ccc4O)C4=C(CC3C2C1=O)C(=O)C=C(C)C4=O. The molecule has 164 valence electrons. The molecule has 0 bridgehead atoms. The lowest BCUT2D eigenvalue weighted by Gasteiger charge is -2.42. The number of nitrogens with zero attached hydrogens (tertiary/aromatic N) is 1. The van der Waals surface area contributed by atoms with Crippen molar-refractivity contribution in [2.24, 2.45) is 17.8 Å². The van der Waals surface area contributed by atoms with E-state index in [0.717, 1.165) is 5.57 Å². The third-order valence-corrected chi connectivity index (χ3v) is 7.51. The molecule has 4 unspecified atom stereocenters. The van der Waals surface area contributed by atoms with E-state index in [1.165, 1.54) is 17.0 Å². The van der Waals surface area contributed by atoms with Crippen LogP contribution in [0.2, 0.25) is 5.02 Å². The van der Waals surface area contributed by atoms with Gasteiger partial charge in [0.2, 0.25) is 11.8 Å². The van der Waals surface area contributed by atoms with Crippen molar-refractivity contribution < 1.29 is 24.3 Å². The summed E-state index contributed by atoms with van der Waals surface area (Å²) in [7, 11) is 0. The Kier molecular flexibility index (Phi) is 4.75. The number of amides is 2. The predicted molar refractivity (Wildman–Crippen MR) is 117 cm³/mol. The maximum atomic E-state index is 13.3. The minimum absolute atomic E-state index is 0.0358. The summed E-state index contributed by atoms with van der Waals surface area (Å²) in [6.45, 7) is 3.68. The number of imide groups is 1. The minimum atomic E-state index is -0.693. The number of carbonyl (C=O) groups is 4. The first-order valence-corrected chi connectivity index (χ1v) is 11.2. The van der Waals surface area contributed by atoms with Crippen LogP contribution in [-0.2, 0) is 19.2 Å². The van der Waals surface area contributed by atoms with Gasteiger partial charge in [0.1, 0.15) is 5.75 Å². The first-order chi connectivity index (χ1) is 15.2. The molecule has 1 N–H and O–H groups in total. The van der Waals surface area contributed by atoms with Crippen LogP contribution in [0, 0.1) is 17.8 Å². The highest BCUT2D eigenvalue weighted by molar-refractivity contribution is 6.30. The van der Waals surface area contributed by atoms with E-state index < -0.39 is 23.7 Å². The number of phenolic OH excluding ortho intramolecular Hbond substituents is 1. The Hall–Kier alpha value is -2.99. The van der Waals surface area contributed by atoms with E-state index in [2.05, 4.69) is 0 Å². The van der Waals surface area contributed by atoms with Gasteiger partial charge < -0.3 is 5.11 Å². The molecule has 0 aromatic heterocycles. The average molecular weight is 452 g/mol. The lowest BCUT2D eigenvalue weighted by atomic mass is 9.59. The summed E-state index contributed by atoms with van der Waals surface area (Å²) in [5.74, 6) is -3.06. The Labute approximate surface area is 190 Å². The lowest BCUT2D eigenvalue weighted by Crippen LogP contribution is -2.39. The normalized spacial score (nSPS) is 29.5. The highest BCUT2D eigenvalue weighted by Crippen LogP contribution is 2.56. The molecule has 4 atom stereocenters. The van der Waals surface area contributed by atoms with Crippen LogP contribution in [0.3, 0.4) is 0 Å². The van der Waals surface area contributed by atoms with Crippen molar-refractivity contribution in [3.8, 4) is 5.75 Å². The summed E-state index contributed by atoms with van der Waals surface area (Å²) >= 11 is 6.23. The standard InChI is InChI=1S/C25H22ClNO5/c1-3-27-24(31)14-6-5-13-15(21(14)25(27)32)10-17-19(29)8-11(2)23(30)22(17)20(13)16-9-12(26)4-7-18(16)28/h4-5,7-9,14-15,20-21,28H,3,6,10H2,1-2H3. The molecule has 0 spiro atoms. The van der Waals surface area contributed by atoms with Crippen LogP contribution in [0.25, 0.3) is 0 Å². The molecule has 1 heterocycles. The predicted octanol–water partition coefficient (Wildman–Crippen LogP) is 3.50. The molecular formula is C25H22ClNO5. The zero-order valence-electron chi connectivity index (χ0n) is 17.7. The van der Waals surface area contributed by atoms with E-state index in [9.17, 15) is 24.3 Å². The Morgan fingerprint density at radius 1 is 1.12 bits per heavy atom. The quantitative estimate of drug-likeness (QED) is 0.422. The molecule has 1 aromatic rings. The van der Waals surface area contributed by atoms with E-state index in [0.29, 0.717) is 40.3 Å². The number of Topliss-reactive ketones (excluding diaryl/α,β-unsaturated/α-hetero) is 1. The molecular weight excluding hydrogens is 430 g/mol. The minimum Gasteiger partial charge on any atom is -0.508 e. The van der Waals surface area contributed by atoms with Gasteiger partial charge in [0.05, 0.1) is 11.8 Å². The number of likely N-dealkylation sites (tertiary alicyclic amines) is 1. The third-order valence-electron chi connectivity index (χ3n) is 7.27. The van der Waals surface area contributed by atoms with E-state index >= 15 is 0 Å². The van der Waals surface area contributed by atoms with Crippen molar-refractivity contribution in [1.29, 1.82) is 0 Å². The first kappa shape index (κ1) is 20.9. The number of allylic oxidation sites excluding steroid dienone is 6. The van der Waals surface area contributed by atoms with Gasteiger partial charge in [-0.1, -0.05) is 23.3 Å². The molecule has 0 saturated carbocycles. The van der Waals surface area contributed by atoms with Crippen molar-refractivity contribution in [3.05, 3.63) is 63.2 Å². The molecule has 4 aliphatic rings. The Morgan fingerprint density at radius 2 is 1.88 bits per heavy atom. The molecule has 1 saturated heterocycles. The fourth-order valence-corrected chi connectivity index (χ4v) is 6.03. The van der Waals surface area contributed by atoms with Gasteiger partial charge in [-0.25, -0.2) is 0 Å². The topological polar surface area (TPSA) is 91.8 Å². The maximum absolute atomic E-state index is 13.3. The van der Waals surface area contributed by atoms with Gasteiger partial charge in [-0.15, -0.1) is 0 Å². The number of carbonyl (C=O) groups excluding carboxylic acids is 4. The van der Waals surface area contributed by atoms with E-state index in [1.807, 2.05) is 6.08 Å². The van der Waals surface area contributed by atoms with Crippen LogP contribution in [0.1, 0.15) is 38.2 Å².